The molecule has 112 valence electrons. The number of nitrogens with zero attached hydrogens (tertiary/aromatic N) is 2. The van der Waals surface area contributed by atoms with Gasteiger partial charge in [0.05, 0.1) is 24.8 Å². The van der Waals surface area contributed by atoms with Gasteiger partial charge in [-0.25, -0.2) is 4.98 Å². The summed E-state index contributed by atoms with van der Waals surface area (Å²) >= 11 is 0. The Morgan fingerprint density at radius 2 is 2.20 bits per heavy atom. The number of pyridine rings is 1. The molecule has 4 nitrogen and oxygen atoms in total. The molecular formula is C12H15ClF3N3O. The number of hydrogen-bond donors (Lipinski definition) is 1. The van der Waals surface area contributed by atoms with Crippen molar-refractivity contribution in [3.8, 4) is 0 Å². The van der Waals surface area contributed by atoms with E-state index < -0.39 is 11.7 Å². The molecule has 0 radical (unpaired) electrons. The van der Waals surface area contributed by atoms with E-state index in [1.807, 2.05) is 4.90 Å². The highest BCUT2D eigenvalue weighted by atomic mass is 35.5. The minimum Gasteiger partial charge on any atom is -0.374 e. The van der Waals surface area contributed by atoms with Crippen LogP contribution >= 0.6 is 12.4 Å². The second kappa shape index (κ2) is 5.75. The van der Waals surface area contributed by atoms with Crippen molar-refractivity contribution >= 4 is 18.2 Å². The van der Waals surface area contributed by atoms with Crippen molar-refractivity contribution in [3.05, 3.63) is 23.4 Å². The Hall–Kier alpha value is -1.05. The molecule has 1 fully saturated rings. The zero-order valence-corrected chi connectivity index (χ0v) is 11.4. The van der Waals surface area contributed by atoms with Crippen molar-refractivity contribution in [1.82, 2.24) is 10.3 Å². The van der Waals surface area contributed by atoms with E-state index >= 15 is 0 Å². The van der Waals surface area contributed by atoms with Crippen molar-refractivity contribution < 1.29 is 17.9 Å². The quantitative estimate of drug-likeness (QED) is 0.793. The van der Waals surface area contributed by atoms with Gasteiger partial charge in [-0.3, -0.25) is 0 Å². The molecule has 0 spiro atoms. The highest BCUT2D eigenvalue weighted by Gasteiger charge is 2.34. The number of alkyl halides is 3. The van der Waals surface area contributed by atoms with Gasteiger partial charge in [0, 0.05) is 31.4 Å². The number of anilines is 1. The summed E-state index contributed by atoms with van der Waals surface area (Å²) < 4.78 is 43.5. The highest BCUT2D eigenvalue weighted by Crippen LogP contribution is 2.33. The Kier molecular flexibility index (Phi) is 4.41. The van der Waals surface area contributed by atoms with Crippen LogP contribution in [0.1, 0.15) is 11.1 Å². The minimum atomic E-state index is -4.36. The average Bonchev–Trinajstić information content (AvgIpc) is 2.56. The largest absolute Gasteiger partial charge is 0.417 e. The van der Waals surface area contributed by atoms with Crippen LogP contribution in [0.5, 0.6) is 0 Å². The molecule has 1 atom stereocenters. The number of halogens is 4. The van der Waals surface area contributed by atoms with Crippen LogP contribution in [-0.4, -0.2) is 37.3 Å². The van der Waals surface area contributed by atoms with E-state index in [4.69, 9.17) is 4.74 Å². The van der Waals surface area contributed by atoms with E-state index in [2.05, 4.69) is 10.3 Å². The summed E-state index contributed by atoms with van der Waals surface area (Å²) in [7, 11) is 0. The number of ether oxygens (including phenoxy) is 1. The molecule has 0 amide bonds. The lowest BCUT2D eigenvalue weighted by Crippen LogP contribution is -2.53. The van der Waals surface area contributed by atoms with Gasteiger partial charge in [0.15, 0.2) is 0 Å². The molecule has 2 aliphatic rings. The second-order valence-corrected chi connectivity index (χ2v) is 4.77. The maximum Gasteiger partial charge on any atom is 0.417 e. The first-order valence-corrected chi connectivity index (χ1v) is 6.17. The number of piperazine rings is 1. The molecule has 1 aromatic heterocycles. The van der Waals surface area contributed by atoms with Gasteiger partial charge in [-0.1, -0.05) is 0 Å². The van der Waals surface area contributed by atoms with E-state index in [0.717, 1.165) is 31.9 Å². The topological polar surface area (TPSA) is 37.4 Å². The van der Waals surface area contributed by atoms with Gasteiger partial charge < -0.3 is 15.0 Å². The third kappa shape index (κ3) is 2.84. The maximum absolute atomic E-state index is 12.7. The molecule has 0 saturated carbocycles. The number of hydrogen-bond acceptors (Lipinski definition) is 4. The molecule has 0 aliphatic carbocycles. The molecule has 8 heteroatoms. The zero-order chi connectivity index (χ0) is 13.5. The van der Waals surface area contributed by atoms with Crippen molar-refractivity contribution in [2.75, 3.05) is 31.1 Å². The van der Waals surface area contributed by atoms with E-state index in [1.165, 1.54) is 0 Å². The first-order valence-electron chi connectivity index (χ1n) is 6.17. The van der Waals surface area contributed by atoms with Crippen molar-refractivity contribution in [2.24, 2.45) is 0 Å². The van der Waals surface area contributed by atoms with Crippen molar-refractivity contribution in [3.63, 3.8) is 0 Å². The first-order chi connectivity index (χ1) is 9.05. The third-order valence-electron chi connectivity index (χ3n) is 3.46. The van der Waals surface area contributed by atoms with Gasteiger partial charge in [-0.15, -0.1) is 12.4 Å². The highest BCUT2D eigenvalue weighted by molar-refractivity contribution is 5.85. The number of fused-ring (bicyclic) bond motifs is 3. The standard InChI is InChI=1S/C12H14F3N3O.ClH/c13-12(14,15)9-3-8-6-19-7-10-5-16-1-2-18(10)11(8)17-4-9;/h3-4,10,16H,1-2,5-7H2;1H. The minimum absolute atomic E-state index is 0. The smallest absolute Gasteiger partial charge is 0.374 e. The Morgan fingerprint density at radius 3 is 2.95 bits per heavy atom. The summed E-state index contributed by atoms with van der Waals surface area (Å²) in [5, 5.41) is 3.25. The lowest BCUT2D eigenvalue weighted by molar-refractivity contribution is -0.137. The molecule has 2 aliphatic heterocycles. The molecule has 1 aromatic rings. The number of nitrogens with one attached hydrogen (secondary N) is 1. The lowest BCUT2D eigenvalue weighted by atomic mass is 10.1. The summed E-state index contributed by atoms with van der Waals surface area (Å²) in [5.41, 5.74) is -0.206. The molecule has 1 saturated heterocycles. The van der Waals surface area contributed by atoms with Gasteiger partial charge in [0.1, 0.15) is 5.82 Å². The van der Waals surface area contributed by atoms with Crippen molar-refractivity contribution in [2.45, 2.75) is 18.8 Å². The summed E-state index contributed by atoms with van der Waals surface area (Å²) in [6.07, 6.45) is -3.46. The average molecular weight is 310 g/mol. The van der Waals surface area contributed by atoms with Gasteiger partial charge in [-0.05, 0) is 6.07 Å². The molecule has 1 unspecified atom stereocenters. The van der Waals surface area contributed by atoms with Crippen LogP contribution < -0.4 is 10.2 Å². The number of aromatic nitrogens is 1. The van der Waals surface area contributed by atoms with Crippen LogP contribution in [0.3, 0.4) is 0 Å². The summed E-state index contributed by atoms with van der Waals surface area (Å²) in [6, 6.07) is 1.28. The van der Waals surface area contributed by atoms with Crippen LogP contribution in [0.4, 0.5) is 19.0 Å². The third-order valence-corrected chi connectivity index (χ3v) is 3.46. The summed E-state index contributed by atoms with van der Waals surface area (Å²) in [5.74, 6) is 0.622. The Morgan fingerprint density at radius 1 is 1.40 bits per heavy atom. The predicted molar refractivity (Wildman–Crippen MR) is 70.1 cm³/mol. The second-order valence-electron chi connectivity index (χ2n) is 4.77. The van der Waals surface area contributed by atoms with Gasteiger partial charge in [-0.2, -0.15) is 13.2 Å². The fourth-order valence-corrected chi connectivity index (χ4v) is 2.52. The Balaban J connectivity index is 0.00000147. The fourth-order valence-electron chi connectivity index (χ4n) is 2.52. The van der Waals surface area contributed by atoms with Crippen LogP contribution in [0.15, 0.2) is 12.3 Å². The first kappa shape index (κ1) is 15.3. The van der Waals surface area contributed by atoms with E-state index in [1.54, 1.807) is 0 Å². The lowest BCUT2D eigenvalue weighted by Gasteiger charge is -2.35. The molecular weight excluding hydrogens is 295 g/mol. The molecule has 1 N–H and O–H groups in total. The summed E-state index contributed by atoms with van der Waals surface area (Å²) in [4.78, 5) is 6.07. The molecule has 0 bridgehead atoms. The molecule has 0 aromatic carbocycles. The Labute approximate surface area is 120 Å². The summed E-state index contributed by atoms with van der Waals surface area (Å²) in [6.45, 7) is 2.99. The Bertz CT molecular complexity index is 484. The van der Waals surface area contributed by atoms with Gasteiger partial charge in [0.25, 0.3) is 0 Å². The van der Waals surface area contributed by atoms with Crippen LogP contribution in [0.25, 0.3) is 0 Å². The SMILES string of the molecule is Cl.FC(F)(F)c1cnc2c(c1)COCC1CNCCN21. The van der Waals surface area contributed by atoms with Crippen LogP contribution in [-0.2, 0) is 17.5 Å². The van der Waals surface area contributed by atoms with Crippen LogP contribution in [0.2, 0.25) is 0 Å². The van der Waals surface area contributed by atoms with E-state index in [0.29, 0.717) is 18.0 Å². The normalized spacial score (nSPS) is 22.4. The molecule has 20 heavy (non-hydrogen) atoms. The van der Waals surface area contributed by atoms with Gasteiger partial charge >= 0.3 is 6.18 Å². The number of rotatable bonds is 0. The molecule has 3 heterocycles. The fraction of sp³-hybridized carbons (Fsp3) is 0.583. The van der Waals surface area contributed by atoms with E-state index in [9.17, 15) is 13.2 Å². The van der Waals surface area contributed by atoms with Crippen molar-refractivity contribution in [1.29, 1.82) is 0 Å². The molecule has 3 rings (SSSR count). The zero-order valence-electron chi connectivity index (χ0n) is 10.6. The van der Waals surface area contributed by atoms with Crippen LogP contribution in [0, 0.1) is 0 Å². The maximum atomic E-state index is 12.7. The van der Waals surface area contributed by atoms with Gasteiger partial charge in [0.2, 0.25) is 0 Å². The predicted octanol–water partition coefficient (Wildman–Crippen LogP) is 1.83. The monoisotopic (exact) mass is 309 g/mol. The van der Waals surface area contributed by atoms with E-state index in [-0.39, 0.29) is 25.1 Å².